The Kier molecular flexibility index (Phi) is 3.22. The minimum atomic E-state index is -0.0698. The van der Waals surface area contributed by atoms with Crippen molar-refractivity contribution in [1.82, 2.24) is 24.6 Å². The van der Waals surface area contributed by atoms with Gasteiger partial charge in [0.05, 0.1) is 23.1 Å². The molecule has 28 heavy (non-hydrogen) atoms. The molecule has 0 N–H and O–H groups in total. The zero-order valence-corrected chi connectivity index (χ0v) is 15.1. The van der Waals surface area contributed by atoms with Gasteiger partial charge in [-0.05, 0) is 24.3 Å². The van der Waals surface area contributed by atoms with E-state index in [0.29, 0.717) is 13.2 Å². The summed E-state index contributed by atoms with van der Waals surface area (Å²) >= 11 is 0. The molecule has 2 aromatic heterocycles. The first-order chi connectivity index (χ1) is 13.9. The third-order valence-electron chi connectivity index (χ3n) is 5.32. The summed E-state index contributed by atoms with van der Waals surface area (Å²) in [6.45, 7) is 1.22. The Labute approximate surface area is 160 Å². The number of nitrogens with zero attached hydrogens (tertiary/aromatic N) is 7. The molecule has 0 saturated heterocycles. The smallest absolute Gasteiger partial charge is 0.168 e. The largest absolute Gasteiger partial charge is 0.314 e. The summed E-state index contributed by atoms with van der Waals surface area (Å²) < 4.78 is 4.15. The summed E-state index contributed by atoms with van der Waals surface area (Å²) in [5.74, 6) is 0. The van der Waals surface area contributed by atoms with Gasteiger partial charge in [0, 0.05) is 10.8 Å². The van der Waals surface area contributed by atoms with E-state index in [1.807, 2.05) is 34.0 Å². The van der Waals surface area contributed by atoms with Gasteiger partial charge in [0.25, 0.3) is 0 Å². The van der Waals surface area contributed by atoms with Gasteiger partial charge in [-0.2, -0.15) is 0 Å². The molecule has 1 aliphatic heterocycles. The lowest BCUT2D eigenvalue weighted by atomic mass is 10.2. The maximum Gasteiger partial charge on any atom is 0.168 e. The third-order valence-corrected chi connectivity index (χ3v) is 5.32. The van der Waals surface area contributed by atoms with E-state index >= 15 is 0 Å². The Bertz CT molecular complexity index is 1290. The van der Waals surface area contributed by atoms with E-state index < -0.39 is 0 Å². The normalized spacial score (nSPS) is 16.7. The van der Waals surface area contributed by atoms with Gasteiger partial charge in [-0.1, -0.05) is 59.0 Å². The van der Waals surface area contributed by atoms with Gasteiger partial charge in [-0.15, -0.1) is 10.2 Å². The van der Waals surface area contributed by atoms with Crippen LogP contribution in [0.25, 0.3) is 32.8 Å². The van der Waals surface area contributed by atoms with E-state index in [2.05, 4.69) is 73.7 Å². The first-order valence-electron chi connectivity index (χ1n) is 9.30. The van der Waals surface area contributed by atoms with Crippen LogP contribution in [0.1, 0.15) is 6.17 Å². The van der Waals surface area contributed by atoms with Gasteiger partial charge < -0.3 is 4.57 Å². The lowest BCUT2D eigenvalue weighted by Gasteiger charge is -2.16. The lowest BCUT2D eigenvalue weighted by molar-refractivity contribution is 0.227. The van der Waals surface area contributed by atoms with Gasteiger partial charge in [0.2, 0.25) is 0 Å². The van der Waals surface area contributed by atoms with Crippen LogP contribution in [0.2, 0.25) is 0 Å². The maximum absolute atomic E-state index is 4.57. The average Bonchev–Trinajstić information content (AvgIpc) is 3.44. The zero-order chi connectivity index (χ0) is 18.5. The standard InChI is InChI=1S/C21H17N7/c1-4-10-18-15(7-1)16-8-2-5-11-19(16)28(18)21-13-26(24-23-21)14-27-20-12-6-3-9-17(20)22-25-27/h1-12,21H,13-14H2. The van der Waals surface area contributed by atoms with Crippen LogP contribution in [-0.4, -0.2) is 31.1 Å². The summed E-state index contributed by atoms with van der Waals surface area (Å²) in [5, 5.41) is 21.9. The fourth-order valence-corrected chi connectivity index (χ4v) is 4.06. The molecular weight excluding hydrogens is 350 g/mol. The van der Waals surface area contributed by atoms with Crippen LogP contribution in [-0.2, 0) is 6.67 Å². The lowest BCUT2D eigenvalue weighted by Crippen LogP contribution is -2.23. The number of rotatable bonds is 3. The Morgan fingerprint density at radius 1 is 0.786 bits per heavy atom. The van der Waals surface area contributed by atoms with E-state index in [-0.39, 0.29) is 6.17 Å². The average molecular weight is 367 g/mol. The highest BCUT2D eigenvalue weighted by Crippen LogP contribution is 2.34. The highest BCUT2D eigenvalue weighted by molar-refractivity contribution is 6.08. The van der Waals surface area contributed by atoms with E-state index in [1.54, 1.807) is 0 Å². The number of aromatic nitrogens is 4. The minimum Gasteiger partial charge on any atom is -0.314 e. The second kappa shape index (κ2) is 5.88. The van der Waals surface area contributed by atoms with Crippen molar-refractivity contribution in [3.05, 3.63) is 72.8 Å². The topological polar surface area (TPSA) is 63.6 Å². The van der Waals surface area contributed by atoms with E-state index in [9.17, 15) is 0 Å². The molecule has 136 valence electrons. The first-order valence-corrected chi connectivity index (χ1v) is 9.30. The maximum atomic E-state index is 4.57. The van der Waals surface area contributed by atoms with E-state index in [1.165, 1.54) is 21.8 Å². The van der Waals surface area contributed by atoms with Crippen molar-refractivity contribution < 1.29 is 0 Å². The Morgan fingerprint density at radius 2 is 1.43 bits per heavy atom. The number of fused-ring (bicyclic) bond motifs is 4. The van der Waals surface area contributed by atoms with Crippen molar-refractivity contribution in [3.8, 4) is 0 Å². The summed E-state index contributed by atoms with van der Waals surface area (Å²) in [4.78, 5) is 0. The Morgan fingerprint density at radius 3 is 2.18 bits per heavy atom. The molecule has 1 unspecified atom stereocenters. The predicted octanol–water partition coefficient (Wildman–Crippen LogP) is 4.38. The molecule has 0 fully saturated rings. The van der Waals surface area contributed by atoms with Crippen molar-refractivity contribution >= 4 is 32.8 Å². The molecule has 1 atom stereocenters. The van der Waals surface area contributed by atoms with Crippen LogP contribution in [0.4, 0.5) is 0 Å². The van der Waals surface area contributed by atoms with Crippen LogP contribution in [0.5, 0.6) is 0 Å². The molecule has 0 spiro atoms. The number of benzene rings is 3. The van der Waals surface area contributed by atoms with Gasteiger partial charge >= 0.3 is 0 Å². The molecule has 1 aliphatic rings. The second-order valence-electron chi connectivity index (χ2n) is 7.00. The fraction of sp³-hybridized carbons (Fsp3) is 0.143. The van der Waals surface area contributed by atoms with Crippen molar-refractivity contribution in [3.63, 3.8) is 0 Å². The highest BCUT2D eigenvalue weighted by Gasteiger charge is 2.25. The third kappa shape index (κ3) is 2.22. The molecule has 0 radical (unpaired) electrons. The molecular formula is C21H17N7. The van der Waals surface area contributed by atoms with E-state index in [4.69, 9.17) is 0 Å². The summed E-state index contributed by atoms with van der Waals surface area (Å²) in [6, 6.07) is 24.9. The number of hydrogen-bond acceptors (Lipinski definition) is 5. The fourth-order valence-electron chi connectivity index (χ4n) is 4.06. The summed E-state index contributed by atoms with van der Waals surface area (Å²) in [7, 11) is 0. The molecule has 6 rings (SSSR count). The minimum absolute atomic E-state index is 0.0698. The Balaban J connectivity index is 1.36. The van der Waals surface area contributed by atoms with Crippen molar-refractivity contribution in [2.75, 3.05) is 6.54 Å². The SMILES string of the molecule is c1ccc2c(c1)nnn2CN1CC(n2c3ccccc3c3ccccc32)N=N1. The quantitative estimate of drug-likeness (QED) is 0.475. The monoisotopic (exact) mass is 367 g/mol. The van der Waals surface area contributed by atoms with Crippen LogP contribution in [0, 0.1) is 0 Å². The van der Waals surface area contributed by atoms with Crippen LogP contribution < -0.4 is 0 Å². The molecule has 3 heterocycles. The van der Waals surface area contributed by atoms with Crippen LogP contribution >= 0.6 is 0 Å². The molecule has 0 bridgehead atoms. The van der Waals surface area contributed by atoms with Gasteiger partial charge in [-0.25, -0.2) is 4.68 Å². The molecule has 0 amide bonds. The molecule has 7 nitrogen and oxygen atoms in total. The van der Waals surface area contributed by atoms with Crippen molar-refractivity contribution in [2.24, 2.45) is 10.3 Å². The highest BCUT2D eigenvalue weighted by atomic mass is 15.7. The summed E-state index contributed by atoms with van der Waals surface area (Å²) in [5.41, 5.74) is 4.25. The van der Waals surface area contributed by atoms with Crippen molar-refractivity contribution in [2.45, 2.75) is 12.8 Å². The van der Waals surface area contributed by atoms with E-state index in [0.717, 1.165) is 11.0 Å². The number of para-hydroxylation sites is 3. The molecule has 7 heteroatoms. The number of hydrogen-bond donors (Lipinski definition) is 0. The van der Waals surface area contributed by atoms with Gasteiger partial charge in [0.1, 0.15) is 12.2 Å². The van der Waals surface area contributed by atoms with Crippen molar-refractivity contribution in [1.29, 1.82) is 0 Å². The zero-order valence-electron chi connectivity index (χ0n) is 15.1. The molecule has 0 saturated carbocycles. The molecule has 0 aliphatic carbocycles. The van der Waals surface area contributed by atoms with Crippen LogP contribution in [0.3, 0.4) is 0 Å². The Hall–Kier alpha value is -3.74. The second-order valence-corrected chi connectivity index (χ2v) is 7.00. The predicted molar refractivity (Wildman–Crippen MR) is 108 cm³/mol. The first kappa shape index (κ1) is 15.3. The van der Waals surface area contributed by atoms with Gasteiger partial charge in [-0.3, -0.25) is 5.01 Å². The molecule has 3 aromatic carbocycles. The summed E-state index contributed by atoms with van der Waals surface area (Å²) in [6.07, 6.45) is -0.0698. The molecule has 5 aromatic rings. The van der Waals surface area contributed by atoms with Crippen LogP contribution in [0.15, 0.2) is 83.1 Å². The van der Waals surface area contributed by atoms with Gasteiger partial charge in [0.15, 0.2) is 6.17 Å².